The van der Waals surface area contributed by atoms with Gasteiger partial charge < -0.3 is 25.0 Å². The Morgan fingerprint density at radius 1 is 1.00 bits per heavy atom. The Bertz CT molecular complexity index is 1150. The van der Waals surface area contributed by atoms with Crippen LogP contribution in [0.1, 0.15) is 53.1 Å². The molecule has 0 saturated heterocycles. The van der Waals surface area contributed by atoms with Gasteiger partial charge in [-0.1, -0.05) is 45.0 Å². The third-order valence-electron chi connectivity index (χ3n) is 5.43. The molecule has 2 aromatic carbocycles. The fraction of sp³-hybridized carbons (Fsp3) is 0.423. The quantitative estimate of drug-likeness (QED) is 0.494. The van der Waals surface area contributed by atoms with Gasteiger partial charge >= 0.3 is 0 Å². The van der Waals surface area contributed by atoms with Crippen LogP contribution in [0.25, 0.3) is 10.8 Å². The van der Waals surface area contributed by atoms with Crippen molar-refractivity contribution in [2.75, 3.05) is 7.05 Å². The number of likely N-dealkylation sites (N-methyl/N-ethyl adjacent to an activating group) is 1. The lowest BCUT2D eigenvalue weighted by atomic mass is 9.85. The van der Waals surface area contributed by atoms with Crippen molar-refractivity contribution < 1.29 is 24.9 Å². The van der Waals surface area contributed by atoms with Gasteiger partial charge in [-0.15, -0.1) is 0 Å². The number of phenolic OH excluding ortho intramolecular Hbond substituents is 1. The molecule has 0 aliphatic heterocycles. The molecule has 7 heteroatoms. The molecule has 0 unspecified atom stereocenters. The van der Waals surface area contributed by atoms with Crippen molar-refractivity contribution in [3.63, 3.8) is 0 Å². The van der Waals surface area contributed by atoms with Crippen LogP contribution in [-0.2, 0) is 11.3 Å². The van der Waals surface area contributed by atoms with Crippen LogP contribution in [0.4, 0.5) is 0 Å². The van der Waals surface area contributed by atoms with E-state index in [0.29, 0.717) is 11.3 Å². The number of phenols is 1. The van der Waals surface area contributed by atoms with Crippen LogP contribution in [0.5, 0.6) is 23.3 Å². The monoisotopic (exact) mass is 454 g/mol. The maximum Gasteiger partial charge on any atom is 0.246 e. The van der Waals surface area contributed by atoms with E-state index >= 15 is 0 Å². The highest BCUT2D eigenvalue weighted by Gasteiger charge is 2.37. The third-order valence-corrected chi connectivity index (χ3v) is 5.43. The maximum absolute atomic E-state index is 13.6. The lowest BCUT2D eigenvalue weighted by Crippen LogP contribution is -2.40. The van der Waals surface area contributed by atoms with E-state index in [9.17, 15) is 20.1 Å². The average Bonchev–Trinajstić information content (AvgIpc) is 3.01. The highest BCUT2D eigenvalue weighted by atomic mass is 16.5. The van der Waals surface area contributed by atoms with Crippen molar-refractivity contribution >= 4 is 16.7 Å². The zero-order valence-electron chi connectivity index (χ0n) is 20.4. The van der Waals surface area contributed by atoms with Gasteiger partial charge in [0.1, 0.15) is 11.6 Å². The minimum Gasteiger partial charge on any atom is -0.504 e. The summed E-state index contributed by atoms with van der Waals surface area (Å²) in [5, 5.41) is 33.3. The molecule has 178 valence electrons. The normalized spacial score (nSPS) is 13.2. The van der Waals surface area contributed by atoms with E-state index < -0.39 is 17.1 Å². The number of ether oxygens (including phenoxy) is 1. The first-order chi connectivity index (χ1) is 15.2. The largest absolute Gasteiger partial charge is 0.504 e. The van der Waals surface area contributed by atoms with E-state index in [-0.39, 0.29) is 30.0 Å². The summed E-state index contributed by atoms with van der Waals surface area (Å²) in [4.78, 5) is 15.0. The van der Waals surface area contributed by atoms with Crippen LogP contribution in [0, 0.1) is 5.41 Å². The van der Waals surface area contributed by atoms with Gasteiger partial charge in [0.05, 0.1) is 0 Å². The average molecular weight is 455 g/mol. The molecule has 3 rings (SSSR count). The number of benzene rings is 2. The number of carbonyl (C=O) groups is 1. The van der Waals surface area contributed by atoms with Crippen molar-refractivity contribution in [1.82, 2.24) is 9.47 Å². The van der Waals surface area contributed by atoms with Gasteiger partial charge in [0.25, 0.3) is 0 Å². The fourth-order valence-electron chi connectivity index (χ4n) is 3.99. The number of nitrogens with zero attached hydrogens (tertiary/aromatic N) is 2. The molecule has 0 spiro atoms. The summed E-state index contributed by atoms with van der Waals surface area (Å²) >= 11 is 0. The molecule has 1 aromatic heterocycles. The van der Waals surface area contributed by atoms with Gasteiger partial charge in [0.15, 0.2) is 23.3 Å². The van der Waals surface area contributed by atoms with Crippen molar-refractivity contribution in [2.24, 2.45) is 5.41 Å². The molecule has 1 amide bonds. The highest BCUT2D eigenvalue weighted by molar-refractivity contribution is 5.92. The molecule has 0 fully saturated rings. The first-order valence-electron chi connectivity index (χ1n) is 11.0. The number of hydrogen-bond donors (Lipinski definition) is 3. The molecule has 33 heavy (non-hydrogen) atoms. The van der Waals surface area contributed by atoms with Crippen molar-refractivity contribution in [2.45, 2.75) is 59.7 Å². The Labute approximate surface area is 194 Å². The standard InChI is InChI=1S/C26H34N2O5/c1-25(2,3)23(28-19(29)12-13-20(28)30)24(32)27(7)15-17-14-16-10-8-9-11-18(16)22(21(17)31)33-26(4,5)6/h8-14,23,29-31H,15H2,1-7H3/t23-/m1/s1. The lowest BCUT2D eigenvalue weighted by Gasteiger charge is -2.34. The predicted molar refractivity (Wildman–Crippen MR) is 129 cm³/mol. The van der Waals surface area contributed by atoms with E-state index in [0.717, 1.165) is 10.8 Å². The number of aromatic hydroxyl groups is 3. The van der Waals surface area contributed by atoms with Crippen molar-refractivity contribution in [1.29, 1.82) is 0 Å². The molecule has 3 N–H and O–H groups in total. The van der Waals surface area contributed by atoms with Crippen LogP contribution in [0.15, 0.2) is 42.5 Å². The molecule has 7 nitrogen and oxygen atoms in total. The molecule has 0 aliphatic carbocycles. The minimum atomic E-state index is -0.856. The van der Waals surface area contributed by atoms with Gasteiger partial charge in [-0.05, 0) is 37.6 Å². The second kappa shape index (κ2) is 8.54. The maximum atomic E-state index is 13.6. The van der Waals surface area contributed by atoms with Gasteiger partial charge in [-0.3, -0.25) is 9.36 Å². The number of carbonyl (C=O) groups excluding carboxylic acids is 1. The molecular weight excluding hydrogens is 420 g/mol. The number of rotatable bonds is 5. The third kappa shape index (κ3) is 5.02. The molecule has 3 aromatic rings. The molecule has 1 atom stereocenters. The number of amides is 1. The number of hydrogen-bond acceptors (Lipinski definition) is 5. The zero-order chi connectivity index (χ0) is 24.7. The van der Waals surface area contributed by atoms with E-state index in [4.69, 9.17) is 4.74 Å². The summed E-state index contributed by atoms with van der Waals surface area (Å²) in [5.74, 6) is -0.325. The number of aromatic nitrogens is 1. The molecular formula is C26H34N2O5. The minimum absolute atomic E-state index is 0.0118. The van der Waals surface area contributed by atoms with E-state index in [1.807, 2.05) is 71.9 Å². The van der Waals surface area contributed by atoms with E-state index in [1.54, 1.807) is 7.05 Å². The molecule has 0 bridgehead atoms. The van der Waals surface area contributed by atoms with Crippen molar-refractivity contribution in [3.8, 4) is 23.3 Å². The van der Waals surface area contributed by atoms with Crippen LogP contribution in [0.3, 0.4) is 0 Å². The zero-order valence-corrected chi connectivity index (χ0v) is 20.4. The van der Waals surface area contributed by atoms with Crippen LogP contribution >= 0.6 is 0 Å². The van der Waals surface area contributed by atoms with Gasteiger partial charge in [0, 0.05) is 36.7 Å². The molecule has 0 aliphatic rings. The Morgan fingerprint density at radius 2 is 1.58 bits per heavy atom. The Balaban J connectivity index is 2.02. The van der Waals surface area contributed by atoms with E-state index in [1.165, 1.54) is 21.6 Å². The summed E-state index contributed by atoms with van der Waals surface area (Å²) < 4.78 is 7.33. The second-order valence-electron chi connectivity index (χ2n) is 10.5. The van der Waals surface area contributed by atoms with Crippen LogP contribution in [-0.4, -0.2) is 43.3 Å². The fourth-order valence-corrected chi connectivity index (χ4v) is 3.99. The topological polar surface area (TPSA) is 95.2 Å². The lowest BCUT2D eigenvalue weighted by molar-refractivity contribution is -0.137. The molecule has 0 radical (unpaired) electrons. The second-order valence-corrected chi connectivity index (χ2v) is 10.5. The van der Waals surface area contributed by atoms with Crippen molar-refractivity contribution in [3.05, 3.63) is 48.0 Å². The van der Waals surface area contributed by atoms with E-state index in [2.05, 4.69) is 0 Å². The first kappa shape index (κ1) is 24.3. The van der Waals surface area contributed by atoms with Gasteiger partial charge in [0.2, 0.25) is 5.91 Å². The Kier molecular flexibility index (Phi) is 6.29. The van der Waals surface area contributed by atoms with Crippen LogP contribution < -0.4 is 4.74 Å². The summed E-state index contributed by atoms with van der Waals surface area (Å²) in [7, 11) is 1.64. The summed E-state index contributed by atoms with van der Waals surface area (Å²) in [6, 6.07) is 11.3. The number of fused-ring (bicyclic) bond motifs is 1. The molecule has 0 saturated carbocycles. The van der Waals surface area contributed by atoms with Crippen LogP contribution in [0.2, 0.25) is 0 Å². The van der Waals surface area contributed by atoms with Gasteiger partial charge in [-0.2, -0.15) is 0 Å². The summed E-state index contributed by atoms with van der Waals surface area (Å²) in [5.41, 5.74) is -0.593. The van der Waals surface area contributed by atoms with Gasteiger partial charge in [-0.25, -0.2) is 0 Å². The first-order valence-corrected chi connectivity index (χ1v) is 11.0. The Morgan fingerprint density at radius 3 is 2.12 bits per heavy atom. The highest BCUT2D eigenvalue weighted by Crippen LogP contribution is 2.42. The predicted octanol–water partition coefficient (Wildman–Crippen LogP) is 5.18. The SMILES string of the molecule is CN(Cc1cc2ccccc2c(OC(C)(C)C)c1O)C(=O)[C@@H](n1c(O)ccc1O)C(C)(C)C. The summed E-state index contributed by atoms with van der Waals surface area (Å²) in [6.45, 7) is 11.4. The molecule has 1 heterocycles. The summed E-state index contributed by atoms with van der Waals surface area (Å²) in [6.07, 6.45) is 0. The smallest absolute Gasteiger partial charge is 0.246 e. The Hall–Kier alpha value is -3.35.